The van der Waals surface area contributed by atoms with E-state index in [0.29, 0.717) is 17.8 Å². The molecule has 0 radical (unpaired) electrons. The maximum Gasteiger partial charge on any atom is 0.0273 e. The first-order chi connectivity index (χ1) is 6.15. The van der Waals surface area contributed by atoms with Crippen molar-refractivity contribution in [1.29, 1.82) is 0 Å². The van der Waals surface area contributed by atoms with E-state index in [1.54, 1.807) is 0 Å². The summed E-state index contributed by atoms with van der Waals surface area (Å²) >= 11 is 0. The zero-order valence-corrected chi connectivity index (χ0v) is 8.99. The summed E-state index contributed by atoms with van der Waals surface area (Å²) in [6, 6.07) is 0. The molecule has 0 aliphatic heterocycles. The fourth-order valence-electron chi connectivity index (χ4n) is 1.56. The number of nitrogens with zero attached hydrogens (tertiary/aromatic N) is 1. The summed E-state index contributed by atoms with van der Waals surface area (Å²) in [5.74, 6) is 1.70. The van der Waals surface area contributed by atoms with Crippen molar-refractivity contribution in [2.75, 3.05) is 7.05 Å². The lowest BCUT2D eigenvalue weighted by Gasteiger charge is -2.21. The molecule has 1 rings (SSSR count). The van der Waals surface area contributed by atoms with Gasteiger partial charge in [0.25, 0.3) is 0 Å². The molecule has 2 unspecified atom stereocenters. The number of hydrogen-bond acceptors (Lipinski definition) is 1. The number of hydrogen-bond donors (Lipinski definition) is 0. The predicted octanol–water partition coefficient (Wildman–Crippen LogP) is 3.09. The summed E-state index contributed by atoms with van der Waals surface area (Å²) in [6.45, 7) is 6.69. The standard InChI is InChI=1S/C12H19N/c1-9(2)11-6-5-10(3)12(7-11)8-13-4/h5-10,12H,1-4H3. The molecule has 72 valence electrons. The van der Waals surface area contributed by atoms with Crippen LogP contribution in [0.2, 0.25) is 0 Å². The van der Waals surface area contributed by atoms with E-state index >= 15 is 0 Å². The Morgan fingerprint density at radius 2 is 2.15 bits per heavy atom. The van der Waals surface area contributed by atoms with E-state index in [0.717, 1.165) is 0 Å². The Kier molecular flexibility index (Phi) is 3.47. The van der Waals surface area contributed by atoms with Crippen LogP contribution in [0.15, 0.2) is 28.8 Å². The number of allylic oxidation sites excluding steroid dienone is 4. The molecule has 2 atom stereocenters. The Labute approximate surface area is 81.3 Å². The minimum Gasteiger partial charge on any atom is -0.300 e. The van der Waals surface area contributed by atoms with Crippen molar-refractivity contribution in [1.82, 2.24) is 0 Å². The van der Waals surface area contributed by atoms with E-state index < -0.39 is 0 Å². The lowest BCUT2D eigenvalue weighted by molar-refractivity contribution is 0.623. The van der Waals surface area contributed by atoms with Gasteiger partial charge in [0.2, 0.25) is 0 Å². The predicted molar refractivity (Wildman–Crippen MR) is 59.1 cm³/mol. The van der Waals surface area contributed by atoms with Gasteiger partial charge in [-0.2, -0.15) is 0 Å². The average Bonchev–Trinajstić information content (AvgIpc) is 2.08. The molecule has 1 nitrogen and oxygen atoms in total. The highest BCUT2D eigenvalue weighted by molar-refractivity contribution is 5.65. The Hall–Kier alpha value is -0.850. The van der Waals surface area contributed by atoms with Gasteiger partial charge in [-0.25, -0.2) is 0 Å². The van der Waals surface area contributed by atoms with Crippen molar-refractivity contribution in [2.24, 2.45) is 22.7 Å². The highest BCUT2D eigenvalue weighted by Gasteiger charge is 2.15. The Morgan fingerprint density at radius 3 is 2.69 bits per heavy atom. The molecular formula is C12H19N. The Balaban J connectivity index is 2.80. The smallest absolute Gasteiger partial charge is 0.0273 e. The molecular weight excluding hydrogens is 158 g/mol. The third-order valence-electron chi connectivity index (χ3n) is 2.57. The molecule has 0 aromatic heterocycles. The summed E-state index contributed by atoms with van der Waals surface area (Å²) in [6.07, 6.45) is 8.90. The summed E-state index contributed by atoms with van der Waals surface area (Å²) in [4.78, 5) is 4.10. The van der Waals surface area contributed by atoms with Crippen LogP contribution in [0.4, 0.5) is 0 Å². The molecule has 0 aromatic rings. The van der Waals surface area contributed by atoms with Crippen LogP contribution in [0.3, 0.4) is 0 Å². The zero-order valence-electron chi connectivity index (χ0n) is 8.99. The van der Waals surface area contributed by atoms with Crippen molar-refractivity contribution >= 4 is 6.21 Å². The second-order valence-electron chi connectivity index (χ2n) is 4.02. The van der Waals surface area contributed by atoms with Gasteiger partial charge in [-0.05, 0) is 17.4 Å². The summed E-state index contributed by atoms with van der Waals surface area (Å²) in [5, 5.41) is 0. The zero-order chi connectivity index (χ0) is 9.84. The van der Waals surface area contributed by atoms with Crippen LogP contribution in [-0.2, 0) is 0 Å². The normalized spacial score (nSPS) is 28.5. The minimum absolute atomic E-state index is 0.493. The molecule has 0 saturated carbocycles. The molecule has 0 amide bonds. The van der Waals surface area contributed by atoms with Crippen molar-refractivity contribution in [3.8, 4) is 0 Å². The van der Waals surface area contributed by atoms with E-state index in [9.17, 15) is 0 Å². The van der Waals surface area contributed by atoms with E-state index in [1.807, 2.05) is 13.3 Å². The largest absolute Gasteiger partial charge is 0.300 e. The van der Waals surface area contributed by atoms with Crippen LogP contribution >= 0.6 is 0 Å². The molecule has 0 fully saturated rings. The molecule has 0 spiro atoms. The molecule has 0 aromatic carbocycles. The van der Waals surface area contributed by atoms with Crippen LogP contribution in [0.5, 0.6) is 0 Å². The van der Waals surface area contributed by atoms with Crippen LogP contribution < -0.4 is 0 Å². The molecule has 1 heteroatoms. The Morgan fingerprint density at radius 1 is 1.46 bits per heavy atom. The first-order valence-electron chi connectivity index (χ1n) is 4.97. The van der Waals surface area contributed by atoms with Crippen LogP contribution in [0.25, 0.3) is 0 Å². The summed E-state index contributed by atoms with van der Waals surface area (Å²) in [7, 11) is 1.84. The van der Waals surface area contributed by atoms with Gasteiger partial charge in [-0.1, -0.05) is 39.0 Å². The second-order valence-corrected chi connectivity index (χ2v) is 4.02. The minimum atomic E-state index is 0.493. The van der Waals surface area contributed by atoms with Crippen molar-refractivity contribution < 1.29 is 0 Å². The number of rotatable bonds is 2. The first-order valence-corrected chi connectivity index (χ1v) is 4.97. The van der Waals surface area contributed by atoms with Crippen molar-refractivity contribution in [3.05, 3.63) is 23.8 Å². The highest BCUT2D eigenvalue weighted by atomic mass is 14.6. The molecule has 0 bridgehead atoms. The van der Waals surface area contributed by atoms with E-state index in [1.165, 1.54) is 5.57 Å². The highest BCUT2D eigenvalue weighted by Crippen LogP contribution is 2.25. The van der Waals surface area contributed by atoms with Crippen LogP contribution in [0, 0.1) is 17.8 Å². The van der Waals surface area contributed by atoms with Gasteiger partial charge in [-0.3, -0.25) is 0 Å². The van der Waals surface area contributed by atoms with E-state index in [4.69, 9.17) is 0 Å². The third-order valence-corrected chi connectivity index (χ3v) is 2.57. The average molecular weight is 177 g/mol. The molecule has 0 saturated heterocycles. The summed E-state index contributed by atoms with van der Waals surface area (Å²) in [5.41, 5.74) is 1.43. The van der Waals surface area contributed by atoms with Crippen LogP contribution in [-0.4, -0.2) is 13.3 Å². The van der Waals surface area contributed by atoms with Crippen molar-refractivity contribution in [3.63, 3.8) is 0 Å². The van der Waals surface area contributed by atoms with E-state index in [-0.39, 0.29) is 0 Å². The molecule has 1 aliphatic rings. The molecule has 13 heavy (non-hydrogen) atoms. The molecule has 0 heterocycles. The lowest BCUT2D eigenvalue weighted by Crippen LogP contribution is -2.13. The summed E-state index contributed by atoms with van der Waals surface area (Å²) < 4.78 is 0. The fourth-order valence-corrected chi connectivity index (χ4v) is 1.56. The second kappa shape index (κ2) is 4.40. The van der Waals surface area contributed by atoms with Gasteiger partial charge >= 0.3 is 0 Å². The van der Waals surface area contributed by atoms with E-state index in [2.05, 4.69) is 44.0 Å². The third kappa shape index (κ3) is 2.55. The fraction of sp³-hybridized carbons (Fsp3) is 0.583. The maximum absolute atomic E-state index is 4.10. The van der Waals surface area contributed by atoms with Gasteiger partial charge in [-0.15, -0.1) is 0 Å². The van der Waals surface area contributed by atoms with Crippen molar-refractivity contribution in [2.45, 2.75) is 20.8 Å². The van der Waals surface area contributed by atoms with Gasteiger partial charge in [0.1, 0.15) is 0 Å². The van der Waals surface area contributed by atoms with Gasteiger partial charge in [0.15, 0.2) is 0 Å². The SMILES string of the molecule is CN=CC1C=C(C(C)C)C=CC1C. The lowest BCUT2D eigenvalue weighted by atomic mass is 9.85. The molecule has 1 aliphatic carbocycles. The molecule has 0 N–H and O–H groups in total. The number of aliphatic imine (C=N–C) groups is 1. The monoisotopic (exact) mass is 177 g/mol. The van der Waals surface area contributed by atoms with Gasteiger partial charge in [0, 0.05) is 19.2 Å². The Bertz CT molecular complexity index is 246. The quantitative estimate of drug-likeness (QED) is 0.575. The first kappa shape index (κ1) is 10.2. The van der Waals surface area contributed by atoms with Gasteiger partial charge in [0.05, 0.1) is 0 Å². The topological polar surface area (TPSA) is 12.4 Å². The van der Waals surface area contributed by atoms with Crippen LogP contribution in [0.1, 0.15) is 20.8 Å². The van der Waals surface area contributed by atoms with Gasteiger partial charge < -0.3 is 4.99 Å². The maximum atomic E-state index is 4.10.